The number of ether oxygens (including phenoxy) is 4. The number of fused-ring (bicyclic) bond motifs is 1. The molecule has 0 aromatic rings. The molecule has 0 bridgehead atoms. The molecule has 12 nitrogen and oxygen atoms in total. The van der Waals surface area contributed by atoms with Crippen molar-refractivity contribution in [2.45, 2.75) is 32.1 Å². The lowest BCUT2D eigenvalue weighted by atomic mass is 9.79. The molecule has 0 aromatic carbocycles. The summed E-state index contributed by atoms with van der Waals surface area (Å²) < 4.78 is 21.0. The van der Waals surface area contributed by atoms with E-state index in [0.717, 1.165) is 0 Å². The topological polar surface area (TPSA) is 153 Å². The third-order valence-corrected chi connectivity index (χ3v) is 5.54. The number of hydrogen-bond donors (Lipinski definition) is 3. The summed E-state index contributed by atoms with van der Waals surface area (Å²) in [7, 11) is 0. The van der Waals surface area contributed by atoms with Crippen molar-refractivity contribution in [2.75, 3.05) is 32.9 Å². The Morgan fingerprint density at radius 1 is 1.00 bits per heavy atom. The SMILES string of the molecule is C=CCOC(=O)NCC(CNC(=O)OCC=C)OC1=C(C(=O)OCC=C)N2C(=O)[C@H]([C@@H](C)O)[C@@H]2[C@H]1C. The second-order valence-corrected chi connectivity index (χ2v) is 8.13. The van der Waals surface area contributed by atoms with Crippen LogP contribution in [0.1, 0.15) is 13.8 Å². The minimum atomic E-state index is -0.940. The number of carbonyl (C=O) groups excluding carboxylic acids is 4. The molecule has 3 N–H and O–H groups in total. The number of aliphatic hydroxyl groups is 1. The van der Waals surface area contributed by atoms with Gasteiger partial charge in [0, 0.05) is 5.92 Å². The highest BCUT2D eigenvalue weighted by molar-refractivity contribution is 6.00. The highest BCUT2D eigenvalue weighted by atomic mass is 16.6. The number of nitrogens with one attached hydrogen (secondary N) is 2. The average Bonchev–Trinajstić information content (AvgIpc) is 3.08. The van der Waals surface area contributed by atoms with Gasteiger partial charge in [0.05, 0.1) is 31.2 Å². The minimum absolute atomic E-state index is 0.00947. The van der Waals surface area contributed by atoms with E-state index in [0.29, 0.717) is 0 Å². The van der Waals surface area contributed by atoms with Crippen molar-refractivity contribution in [2.24, 2.45) is 11.8 Å². The van der Waals surface area contributed by atoms with E-state index in [1.807, 2.05) is 0 Å². The second kappa shape index (κ2) is 13.3. The molecule has 1 saturated heterocycles. The lowest BCUT2D eigenvalue weighted by Crippen LogP contribution is -2.63. The largest absolute Gasteiger partial charge is 0.488 e. The highest BCUT2D eigenvalue weighted by Crippen LogP contribution is 2.47. The smallest absolute Gasteiger partial charge is 0.407 e. The summed E-state index contributed by atoms with van der Waals surface area (Å²) in [4.78, 5) is 50.7. The number of amides is 3. The van der Waals surface area contributed by atoms with Gasteiger partial charge in [-0.2, -0.15) is 0 Å². The molecule has 2 aliphatic heterocycles. The zero-order valence-electron chi connectivity index (χ0n) is 20.4. The predicted molar refractivity (Wildman–Crippen MR) is 127 cm³/mol. The highest BCUT2D eigenvalue weighted by Gasteiger charge is 2.61. The van der Waals surface area contributed by atoms with E-state index in [9.17, 15) is 24.3 Å². The summed E-state index contributed by atoms with van der Waals surface area (Å²) >= 11 is 0. The fraction of sp³-hybridized carbons (Fsp3) is 0.500. The van der Waals surface area contributed by atoms with Crippen molar-refractivity contribution in [1.82, 2.24) is 15.5 Å². The standard InChI is InChI=1S/C24H33N3O9/c1-6-9-33-22(30)19-20(14(4)18-17(15(5)28)21(29)27(18)19)36-16(12-25-23(31)34-10-7-2)13-26-24(32)35-11-8-3/h6-8,14-18,28H,1-3,9-13H2,4-5H3,(H,25,31)(H,26,32)/t14-,15-,17-,18+/m1/s1. The molecule has 36 heavy (non-hydrogen) atoms. The zero-order chi connectivity index (χ0) is 26.8. The molecule has 0 aromatic heterocycles. The average molecular weight is 508 g/mol. The normalized spacial score (nSPS) is 21.1. The van der Waals surface area contributed by atoms with E-state index in [1.165, 1.54) is 30.1 Å². The molecule has 2 aliphatic rings. The molecule has 0 unspecified atom stereocenters. The van der Waals surface area contributed by atoms with Crippen molar-refractivity contribution in [3.63, 3.8) is 0 Å². The molecule has 1 fully saturated rings. The fourth-order valence-electron chi connectivity index (χ4n) is 3.97. The Kier molecular flexibility index (Phi) is 10.5. The van der Waals surface area contributed by atoms with Crippen LogP contribution in [0.5, 0.6) is 0 Å². The lowest BCUT2D eigenvalue weighted by Gasteiger charge is -2.46. The molecular formula is C24H33N3O9. The summed E-state index contributed by atoms with van der Waals surface area (Å²) in [5.41, 5.74) is -0.0929. The molecule has 0 radical (unpaired) electrons. The summed E-state index contributed by atoms with van der Waals surface area (Å²) in [5.74, 6) is -2.30. The summed E-state index contributed by atoms with van der Waals surface area (Å²) in [6.07, 6.45) is 0.856. The Bertz CT molecular complexity index is 887. The summed E-state index contributed by atoms with van der Waals surface area (Å²) in [6, 6.07) is -0.518. The Morgan fingerprint density at radius 3 is 1.97 bits per heavy atom. The first-order valence-electron chi connectivity index (χ1n) is 11.4. The molecular weight excluding hydrogens is 474 g/mol. The first-order valence-corrected chi connectivity index (χ1v) is 11.4. The van der Waals surface area contributed by atoms with Crippen LogP contribution in [0.25, 0.3) is 0 Å². The van der Waals surface area contributed by atoms with Gasteiger partial charge < -0.3 is 34.7 Å². The number of alkyl carbamates (subject to hydrolysis) is 2. The van der Waals surface area contributed by atoms with Gasteiger partial charge in [-0.05, 0) is 6.92 Å². The van der Waals surface area contributed by atoms with Crippen LogP contribution < -0.4 is 10.6 Å². The third-order valence-electron chi connectivity index (χ3n) is 5.54. The molecule has 2 rings (SSSR count). The number of aliphatic hydroxyl groups excluding tert-OH is 1. The van der Waals surface area contributed by atoms with Gasteiger partial charge in [-0.1, -0.05) is 44.9 Å². The molecule has 0 saturated carbocycles. The Labute approximate surface area is 209 Å². The van der Waals surface area contributed by atoms with Crippen molar-refractivity contribution < 1.29 is 43.2 Å². The zero-order valence-corrected chi connectivity index (χ0v) is 20.4. The maximum Gasteiger partial charge on any atom is 0.407 e. The van der Waals surface area contributed by atoms with Crippen molar-refractivity contribution in [3.05, 3.63) is 49.4 Å². The van der Waals surface area contributed by atoms with Crippen LogP contribution in [0.4, 0.5) is 9.59 Å². The molecule has 3 amide bonds. The number of nitrogens with zero attached hydrogens (tertiary/aromatic N) is 1. The number of β-lactam (4-membered cyclic amide) rings is 1. The van der Waals surface area contributed by atoms with E-state index >= 15 is 0 Å². The molecule has 2 heterocycles. The number of rotatable bonds is 14. The predicted octanol–water partition coefficient (Wildman–Crippen LogP) is 0.994. The fourth-order valence-corrected chi connectivity index (χ4v) is 3.97. The van der Waals surface area contributed by atoms with Gasteiger partial charge in [0.1, 0.15) is 31.7 Å². The van der Waals surface area contributed by atoms with Gasteiger partial charge >= 0.3 is 18.2 Å². The van der Waals surface area contributed by atoms with Crippen molar-refractivity contribution >= 4 is 24.1 Å². The van der Waals surface area contributed by atoms with Crippen LogP contribution in [0.2, 0.25) is 0 Å². The Hall–Kier alpha value is -3.80. The first kappa shape index (κ1) is 28.4. The van der Waals surface area contributed by atoms with Crippen molar-refractivity contribution in [3.8, 4) is 0 Å². The third kappa shape index (κ3) is 6.66. The van der Waals surface area contributed by atoms with Gasteiger partial charge in [0.15, 0.2) is 5.70 Å². The molecule has 12 heteroatoms. The van der Waals surface area contributed by atoms with E-state index in [4.69, 9.17) is 18.9 Å². The monoisotopic (exact) mass is 507 g/mol. The van der Waals surface area contributed by atoms with E-state index in [-0.39, 0.29) is 44.4 Å². The molecule has 198 valence electrons. The Morgan fingerprint density at radius 2 is 1.50 bits per heavy atom. The van der Waals surface area contributed by atoms with E-state index in [2.05, 4.69) is 30.4 Å². The molecule has 0 spiro atoms. The minimum Gasteiger partial charge on any atom is -0.488 e. The molecule has 4 atom stereocenters. The first-order chi connectivity index (χ1) is 17.2. The maximum absolute atomic E-state index is 12.9. The van der Waals surface area contributed by atoms with E-state index < -0.39 is 54.1 Å². The summed E-state index contributed by atoms with van der Waals surface area (Å²) in [6.45, 7) is 13.3. The maximum atomic E-state index is 12.9. The van der Waals surface area contributed by atoms with Crippen LogP contribution in [-0.4, -0.2) is 85.2 Å². The number of esters is 1. The van der Waals surface area contributed by atoms with E-state index in [1.54, 1.807) is 6.92 Å². The van der Waals surface area contributed by atoms with Crippen LogP contribution in [0.3, 0.4) is 0 Å². The van der Waals surface area contributed by atoms with Crippen LogP contribution in [-0.2, 0) is 28.5 Å². The van der Waals surface area contributed by atoms with Gasteiger partial charge in [0.2, 0.25) is 5.91 Å². The summed E-state index contributed by atoms with van der Waals surface area (Å²) in [5, 5.41) is 15.1. The quantitative estimate of drug-likeness (QED) is 0.135. The van der Waals surface area contributed by atoms with Gasteiger partial charge in [-0.3, -0.25) is 9.69 Å². The molecule has 0 aliphatic carbocycles. The van der Waals surface area contributed by atoms with Crippen LogP contribution in [0.15, 0.2) is 49.4 Å². The number of carbonyl (C=O) groups is 4. The second-order valence-electron chi connectivity index (χ2n) is 8.13. The van der Waals surface area contributed by atoms with Gasteiger partial charge in [-0.25, -0.2) is 14.4 Å². The van der Waals surface area contributed by atoms with Gasteiger partial charge in [0.25, 0.3) is 0 Å². The number of hydrogen-bond acceptors (Lipinski definition) is 9. The van der Waals surface area contributed by atoms with Crippen LogP contribution >= 0.6 is 0 Å². The Balaban J connectivity index is 2.28. The lowest BCUT2D eigenvalue weighted by molar-refractivity contribution is -0.164. The van der Waals surface area contributed by atoms with Crippen LogP contribution in [0, 0.1) is 11.8 Å². The van der Waals surface area contributed by atoms with Gasteiger partial charge in [-0.15, -0.1) is 0 Å². The van der Waals surface area contributed by atoms with Crippen molar-refractivity contribution in [1.29, 1.82) is 0 Å².